The predicted molar refractivity (Wildman–Crippen MR) is 105 cm³/mol. The summed E-state index contributed by atoms with van der Waals surface area (Å²) in [7, 11) is 0. The lowest BCUT2D eigenvalue weighted by molar-refractivity contribution is 0.174. The van der Waals surface area contributed by atoms with Gasteiger partial charge in [-0.15, -0.1) is 0 Å². The topological polar surface area (TPSA) is 47.0 Å². The number of aromatic nitrogens is 1. The monoisotopic (exact) mass is 357 g/mol. The number of anilines is 1. The molecule has 2 aliphatic rings. The molecule has 3 heterocycles. The first-order valence-electron chi connectivity index (χ1n) is 9.07. The van der Waals surface area contributed by atoms with Gasteiger partial charge in [0.1, 0.15) is 5.82 Å². The lowest BCUT2D eigenvalue weighted by atomic mass is 9.94. The van der Waals surface area contributed by atoms with Gasteiger partial charge in [0, 0.05) is 17.3 Å². The number of hydrogen-bond donors (Lipinski definition) is 0. The molecule has 0 spiro atoms. The molecule has 2 aromatic carbocycles. The molecule has 0 radical (unpaired) electrons. The molecule has 0 aliphatic carbocycles. The van der Waals surface area contributed by atoms with E-state index in [1.54, 1.807) is 6.20 Å². The molecule has 0 bridgehead atoms. The molecule has 1 atom stereocenters. The molecule has 0 saturated carbocycles. The fourth-order valence-corrected chi connectivity index (χ4v) is 3.61. The van der Waals surface area contributed by atoms with E-state index in [0.717, 1.165) is 40.6 Å². The van der Waals surface area contributed by atoms with E-state index < -0.39 is 0 Å². The lowest BCUT2D eigenvalue weighted by Crippen LogP contribution is -2.30. The van der Waals surface area contributed by atoms with Crippen molar-refractivity contribution in [1.29, 1.82) is 0 Å². The van der Waals surface area contributed by atoms with Gasteiger partial charge in [-0.05, 0) is 43.2 Å². The van der Waals surface area contributed by atoms with Crippen LogP contribution in [-0.4, -0.2) is 23.5 Å². The van der Waals surface area contributed by atoms with Crippen molar-refractivity contribution in [2.24, 2.45) is 5.10 Å². The minimum Gasteiger partial charge on any atom is -0.454 e. The first-order valence-corrected chi connectivity index (χ1v) is 9.07. The summed E-state index contributed by atoms with van der Waals surface area (Å²) in [6, 6.07) is 20.4. The number of pyridine rings is 1. The van der Waals surface area contributed by atoms with E-state index in [2.05, 4.69) is 36.2 Å². The van der Waals surface area contributed by atoms with Crippen molar-refractivity contribution < 1.29 is 9.47 Å². The summed E-state index contributed by atoms with van der Waals surface area (Å²) in [6.45, 7) is 2.44. The molecule has 27 heavy (non-hydrogen) atoms. The minimum absolute atomic E-state index is 0.153. The summed E-state index contributed by atoms with van der Waals surface area (Å²) in [5.41, 5.74) is 4.26. The minimum atomic E-state index is 0.153. The highest BCUT2D eigenvalue weighted by Gasteiger charge is 2.27. The molecule has 0 fully saturated rings. The van der Waals surface area contributed by atoms with Crippen LogP contribution in [0.4, 0.5) is 5.82 Å². The molecule has 0 saturated heterocycles. The average Bonchev–Trinajstić information content (AvgIpc) is 3.11. The van der Waals surface area contributed by atoms with Crippen LogP contribution in [0, 0.1) is 0 Å². The summed E-state index contributed by atoms with van der Waals surface area (Å²) in [5, 5.41) is 7.06. The average molecular weight is 357 g/mol. The largest absolute Gasteiger partial charge is 0.454 e. The Morgan fingerprint density at radius 3 is 2.52 bits per heavy atom. The zero-order chi connectivity index (χ0) is 18.2. The molecule has 2 aliphatic heterocycles. The Morgan fingerprint density at radius 1 is 0.963 bits per heavy atom. The number of rotatable bonds is 2. The smallest absolute Gasteiger partial charge is 0.231 e. The Labute approximate surface area is 157 Å². The number of hydrogen-bond acceptors (Lipinski definition) is 5. The summed E-state index contributed by atoms with van der Waals surface area (Å²) in [6.07, 6.45) is 2.64. The maximum Gasteiger partial charge on any atom is 0.231 e. The van der Waals surface area contributed by atoms with Crippen LogP contribution in [0.3, 0.4) is 0 Å². The van der Waals surface area contributed by atoms with Crippen LogP contribution in [0.15, 0.2) is 72.0 Å². The second-order valence-corrected chi connectivity index (χ2v) is 6.76. The highest BCUT2D eigenvalue weighted by atomic mass is 16.7. The second kappa shape index (κ2) is 6.43. The maximum atomic E-state index is 5.62. The van der Waals surface area contributed by atoms with Gasteiger partial charge in [0.25, 0.3) is 0 Å². The predicted octanol–water partition coefficient (Wildman–Crippen LogP) is 4.01. The van der Waals surface area contributed by atoms with Crippen LogP contribution in [0.1, 0.15) is 23.6 Å². The normalized spacial score (nSPS) is 17.9. The Bertz CT molecular complexity index is 1000. The Kier molecular flexibility index (Phi) is 3.78. The highest BCUT2D eigenvalue weighted by Crippen LogP contribution is 2.38. The van der Waals surface area contributed by atoms with E-state index in [0.29, 0.717) is 0 Å². The Balaban J connectivity index is 1.71. The Morgan fingerprint density at radius 2 is 1.74 bits per heavy atom. The quantitative estimate of drug-likeness (QED) is 0.695. The van der Waals surface area contributed by atoms with Gasteiger partial charge >= 0.3 is 0 Å². The third-order valence-corrected chi connectivity index (χ3v) is 4.93. The van der Waals surface area contributed by atoms with Crippen LogP contribution in [0.25, 0.3) is 0 Å². The van der Waals surface area contributed by atoms with Crippen LogP contribution in [0.5, 0.6) is 11.5 Å². The van der Waals surface area contributed by atoms with Crippen LogP contribution >= 0.6 is 0 Å². The summed E-state index contributed by atoms with van der Waals surface area (Å²) in [4.78, 5) is 4.52. The first-order chi connectivity index (χ1) is 13.3. The van der Waals surface area contributed by atoms with Crippen LogP contribution in [0.2, 0.25) is 0 Å². The number of benzene rings is 2. The van der Waals surface area contributed by atoms with E-state index in [1.807, 2.05) is 41.4 Å². The number of fused-ring (bicyclic) bond motifs is 2. The molecule has 5 nitrogen and oxygen atoms in total. The second-order valence-electron chi connectivity index (χ2n) is 6.76. The van der Waals surface area contributed by atoms with Crippen molar-refractivity contribution in [2.75, 3.05) is 11.8 Å². The first kappa shape index (κ1) is 15.9. The molecule has 134 valence electrons. The third-order valence-electron chi connectivity index (χ3n) is 4.93. The molecule has 3 aromatic rings. The van der Waals surface area contributed by atoms with E-state index >= 15 is 0 Å². The molecule has 0 unspecified atom stereocenters. The fourth-order valence-electron chi connectivity index (χ4n) is 3.61. The van der Waals surface area contributed by atoms with E-state index in [-0.39, 0.29) is 12.8 Å². The molecule has 5 heteroatoms. The van der Waals surface area contributed by atoms with Gasteiger partial charge in [-0.25, -0.2) is 9.99 Å². The fraction of sp³-hybridized carbons (Fsp3) is 0.182. The van der Waals surface area contributed by atoms with Gasteiger partial charge in [0.05, 0.1) is 11.8 Å². The van der Waals surface area contributed by atoms with E-state index in [4.69, 9.17) is 14.6 Å². The van der Waals surface area contributed by atoms with E-state index in [9.17, 15) is 0 Å². The highest BCUT2D eigenvalue weighted by molar-refractivity contribution is 6.14. The summed E-state index contributed by atoms with van der Waals surface area (Å²) >= 11 is 0. The maximum absolute atomic E-state index is 5.62. The van der Waals surface area contributed by atoms with Crippen molar-refractivity contribution in [1.82, 2.24) is 4.98 Å². The molecule has 5 rings (SSSR count). The third kappa shape index (κ3) is 2.81. The van der Waals surface area contributed by atoms with Crippen molar-refractivity contribution in [3.8, 4) is 11.5 Å². The number of nitrogens with zero attached hydrogens (tertiary/aromatic N) is 3. The van der Waals surface area contributed by atoms with Crippen LogP contribution < -0.4 is 14.5 Å². The van der Waals surface area contributed by atoms with Gasteiger partial charge in [-0.1, -0.05) is 36.4 Å². The zero-order valence-electron chi connectivity index (χ0n) is 15.0. The van der Waals surface area contributed by atoms with Gasteiger partial charge in [0.2, 0.25) is 6.79 Å². The SMILES string of the molecule is C[C@@H]1Cc2cc3c(cc2C(c2ccccc2)=NN1c1ccccn1)OCO3. The molecular formula is C22H19N3O2. The van der Waals surface area contributed by atoms with Gasteiger partial charge < -0.3 is 9.47 Å². The summed E-state index contributed by atoms with van der Waals surface area (Å²) in [5.74, 6) is 2.42. The molecule has 0 N–H and O–H groups in total. The molecule has 0 amide bonds. The Hall–Kier alpha value is -3.34. The van der Waals surface area contributed by atoms with Crippen molar-refractivity contribution in [2.45, 2.75) is 19.4 Å². The van der Waals surface area contributed by atoms with Crippen molar-refractivity contribution in [3.05, 3.63) is 83.6 Å². The van der Waals surface area contributed by atoms with Crippen LogP contribution in [-0.2, 0) is 6.42 Å². The van der Waals surface area contributed by atoms with Gasteiger partial charge in [0.15, 0.2) is 11.5 Å². The number of hydrazone groups is 1. The summed E-state index contributed by atoms with van der Waals surface area (Å²) < 4.78 is 11.2. The van der Waals surface area contributed by atoms with Gasteiger partial charge in [-0.2, -0.15) is 5.10 Å². The zero-order valence-corrected chi connectivity index (χ0v) is 15.0. The van der Waals surface area contributed by atoms with Crippen molar-refractivity contribution >= 4 is 11.5 Å². The molecular weight excluding hydrogens is 338 g/mol. The van der Waals surface area contributed by atoms with Gasteiger partial charge in [-0.3, -0.25) is 0 Å². The number of ether oxygens (including phenoxy) is 2. The molecule has 1 aromatic heterocycles. The standard InChI is InChI=1S/C22H19N3O2/c1-15-11-17-12-19-20(27-14-26-19)13-18(17)22(16-7-3-2-4-8-16)24-25(15)21-9-5-6-10-23-21/h2-10,12-13,15H,11,14H2,1H3/t15-/m1/s1. The lowest BCUT2D eigenvalue weighted by Gasteiger charge is -2.24. The van der Waals surface area contributed by atoms with E-state index in [1.165, 1.54) is 5.56 Å². The van der Waals surface area contributed by atoms with Crippen molar-refractivity contribution in [3.63, 3.8) is 0 Å².